The average molecular weight is 508 g/mol. The zero-order valence-corrected chi connectivity index (χ0v) is 15.9. The van der Waals surface area contributed by atoms with Gasteiger partial charge in [-0.2, -0.15) is 0 Å². The second-order valence-electron chi connectivity index (χ2n) is 5.46. The molecule has 3 aromatic carbocycles. The molecule has 0 amide bonds. The number of fused-ring (bicyclic) bond motifs is 4. The molecule has 2 aliphatic rings. The first-order valence-electron chi connectivity index (χ1n) is 7.14. The first-order valence-corrected chi connectivity index (χ1v) is 11.5. The summed E-state index contributed by atoms with van der Waals surface area (Å²) in [6.07, 6.45) is 0. The molecule has 2 heterocycles. The Bertz CT molecular complexity index is 899. The topological polar surface area (TPSA) is 15.7 Å². The number of nitrogens with zero attached hydrogens (tertiary/aromatic N) is 2. The number of hydrogen-bond acceptors (Lipinski definition) is 3. The van der Waals surface area contributed by atoms with Crippen molar-refractivity contribution in [2.45, 2.75) is 0 Å². The van der Waals surface area contributed by atoms with E-state index >= 15 is 0 Å². The van der Waals surface area contributed by atoms with Crippen molar-refractivity contribution in [1.82, 2.24) is 0 Å². The number of para-hydroxylation sites is 1. The maximum atomic E-state index is 6.24. The number of rotatable bonds is 0. The molecule has 0 saturated carbocycles. The second-order valence-corrected chi connectivity index (χ2v) is 5.46. The van der Waals surface area contributed by atoms with Crippen molar-refractivity contribution in [1.29, 1.82) is 0 Å². The van der Waals surface area contributed by atoms with Gasteiger partial charge in [-0.15, -0.1) is 6.67 Å². The molecular formula is C18H13AgIN2O-. The quantitative estimate of drug-likeness (QED) is 0.226. The van der Waals surface area contributed by atoms with Crippen LogP contribution in [0.2, 0.25) is 0 Å². The van der Waals surface area contributed by atoms with E-state index < -0.39 is 0 Å². The molecule has 2 aliphatic heterocycles. The standard InChI is InChI=1S/C18H13N2O.Ag.HI/c1-19-11-20-15-10-9-12-5-2-3-6-13(12)18(15)21-16-8-4-7-14(19)17(16)20;;/h2-11H,1H3;;1H/q-1;+1;/p-1. The van der Waals surface area contributed by atoms with Gasteiger partial charge in [0.25, 0.3) is 0 Å². The molecule has 3 aromatic rings. The summed E-state index contributed by atoms with van der Waals surface area (Å²) in [6, 6.07) is 18.8. The van der Waals surface area contributed by atoms with Crippen LogP contribution in [0.5, 0.6) is 11.5 Å². The first-order chi connectivity index (χ1) is 11.3. The fraction of sp³-hybridized carbons (Fsp3) is 0.0556. The minimum atomic E-state index is 0.914. The normalized spacial score (nSPS) is 13.9. The summed E-state index contributed by atoms with van der Waals surface area (Å²) < 4.78 is 6.24. The van der Waals surface area contributed by atoms with E-state index in [1.807, 2.05) is 31.2 Å². The maximum absolute atomic E-state index is 6.24. The summed E-state index contributed by atoms with van der Waals surface area (Å²) in [5, 5.41) is 2.34. The molecule has 0 aliphatic carbocycles. The van der Waals surface area contributed by atoms with Crippen LogP contribution in [0.25, 0.3) is 10.8 Å². The van der Waals surface area contributed by atoms with Gasteiger partial charge in [0.1, 0.15) is 0 Å². The summed E-state index contributed by atoms with van der Waals surface area (Å²) in [7, 11) is 2.06. The van der Waals surface area contributed by atoms with E-state index in [0.29, 0.717) is 0 Å². The summed E-state index contributed by atoms with van der Waals surface area (Å²) in [6.45, 7) is 2.12. The Labute approximate surface area is 157 Å². The van der Waals surface area contributed by atoms with E-state index in [0.717, 1.165) is 28.3 Å². The fourth-order valence-corrected chi connectivity index (χ4v) is 3.23. The molecule has 3 nitrogen and oxygen atoms in total. The minimum absolute atomic E-state index is 0.914. The molecule has 0 radical (unpaired) electrons. The van der Waals surface area contributed by atoms with Gasteiger partial charge in [0.05, 0.1) is 11.4 Å². The van der Waals surface area contributed by atoms with Crippen molar-refractivity contribution >= 4 is 46.9 Å². The summed E-state index contributed by atoms with van der Waals surface area (Å²) >= 11 is 4.88. The number of hydrogen-bond donors (Lipinski definition) is 0. The van der Waals surface area contributed by atoms with Gasteiger partial charge >= 0.3 is 36.3 Å². The van der Waals surface area contributed by atoms with Gasteiger partial charge in [-0.1, -0.05) is 36.4 Å². The Morgan fingerprint density at radius 3 is 2.65 bits per heavy atom. The zero-order chi connectivity index (χ0) is 16.0. The molecule has 0 atom stereocenters. The summed E-state index contributed by atoms with van der Waals surface area (Å²) in [5.74, 6) is 1.85. The molecule has 0 aromatic heterocycles. The molecular weight excluding hydrogens is 495 g/mol. The van der Waals surface area contributed by atoms with Gasteiger partial charge in [0.2, 0.25) is 0 Å². The zero-order valence-electron chi connectivity index (χ0n) is 12.3. The second kappa shape index (κ2) is 6.02. The molecule has 120 valence electrons. The molecule has 5 heteroatoms. The molecule has 23 heavy (non-hydrogen) atoms. The number of ether oxygens (including phenoxy) is 1. The van der Waals surface area contributed by atoms with Gasteiger partial charge in [-0.05, 0) is 30.6 Å². The van der Waals surface area contributed by atoms with E-state index in [2.05, 4.69) is 83.2 Å². The van der Waals surface area contributed by atoms with Crippen LogP contribution < -0.4 is 14.5 Å². The van der Waals surface area contributed by atoms with Gasteiger partial charge < -0.3 is 14.5 Å². The van der Waals surface area contributed by atoms with Crippen molar-refractivity contribution in [3.63, 3.8) is 0 Å². The fourth-order valence-electron chi connectivity index (χ4n) is 3.23. The third-order valence-electron chi connectivity index (χ3n) is 4.22. The van der Waals surface area contributed by atoms with E-state index in [1.54, 1.807) is 0 Å². The molecule has 0 unspecified atom stereocenters. The van der Waals surface area contributed by atoms with Gasteiger partial charge in [-0.3, -0.25) is 0 Å². The molecule has 5 rings (SSSR count). The third-order valence-corrected chi connectivity index (χ3v) is 4.22. The van der Waals surface area contributed by atoms with Crippen LogP contribution in [-0.4, -0.2) is 7.05 Å². The average Bonchev–Trinajstić information content (AvgIpc) is 2.95. The Morgan fingerprint density at radius 2 is 1.78 bits per heavy atom. The Hall–Kier alpha value is -1.21. The van der Waals surface area contributed by atoms with Crippen molar-refractivity contribution in [2.75, 3.05) is 16.8 Å². The Kier molecular flexibility index (Phi) is 4.01. The summed E-state index contributed by atoms with van der Waals surface area (Å²) in [5.41, 5.74) is 3.40. The number of benzene rings is 3. The van der Waals surface area contributed by atoms with Crippen LogP contribution in [-0.2, 0) is 17.3 Å². The van der Waals surface area contributed by atoms with Gasteiger partial charge in [0, 0.05) is 11.1 Å². The number of anilines is 3. The molecule has 0 bridgehead atoms. The summed E-state index contributed by atoms with van der Waals surface area (Å²) in [4.78, 5) is 4.35. The number of halogens is 1. The van der Waals surface area contributed by atoms with E-state index in [4.69, 9.17) is 4.74 Å². The molecule has 0 saturated heterocycles. The SMILES string of the molecule is CN1[CH-]N2c3ccc4ccccc4c3Oc3cccc1c32.[Ag][I]. The van der Waals surface area contributed by atoms with Crippen LogP contribution >= 0.6 is 19.0 Å². The Morgan fingerprint density at radius 1 is 0.957 bits per heavy atom. The Balaban J connectivity index is 0.000000652. The van der Waals surface area contributed by atoms with Crippen LogP contribution in [0, 0.1) is 6.67 Å². The van der Waals surface area contributed by atoms with Crippen LogP contribution in [0.1, 0.15) is 0 Å². The van der Waals surface area contributed by atoms with Crippen LogP contribution in [0.3, 0.4) is 0 Å². The predicted octanol–water partition coefficient (Wildman–Crippen LogP) is 5.54. The van der Waals surface area contributed by atoms with E-state index in [-0.39, 0.29) is 0 Å². The van der Waals surface area contributed by atoms with Crippen molar-refractivity contribution in [3.05, 3.63) is 61.3 Å². The molecule has 0 fully saturated rings. The van der Waals surface area contributed by atoms with Crippen molar-refractivity contribution in [2.24, 2.45) is 0 Å². The van der Waals surface area contributed by atoms with E-state index in [1.165, 1.54) is 11.1 Å². The molecule has 0 spiro atoms. The molecule has 0 N–H and O–H groups in total. The monoisotopic (exact) mass is 507 g/mol. The van der Waals surface area contributed by atoms with Gasteiger partial charge in [-0.25, -0.2) is 0 Å². The van der Waals surface area contributed by atoms with Gasteiger partial charge in [0.15, 0.2) is 11.5 Å². The van der Waals surface area contributed by atoms with Crippen molar-refractivity contribution in [3.8, 4) is 11.5 Å². The van der Waals surface area contributed by atoms with Crippen LogP contribution in [0.4, 0.5) is 17.1 Å². The van der Waals surface area contributed by atoms with Crippen LogP contribution in [0.15, 0.2) is 54.6 Å². The predicted molar refractivity (Wildman–Crippen MR) is 99.3 cm³/mol. The van der Waals surface area contributed by atoms with E-state index in [9.17, 15) is 0 Å². The first kappa shape index (κ1) is 15.3. The third kappa shape index (κ3) is 2.28. The van der Waals surface area contributed by atoms with Crippen molar-refractivity contribution < 1.29 is 22.0 Å².